The molecule has 6 heterocycles. The molecule has 4 aromatic heterocycles. The number of nitrogen functional groups attached to an aromatic ring is 2. The summed E-state index contributed by atoms with van der Waals surface area (Å²) >= 11 is 0. The van der Waals surface area contributed by atoms with Crippen LogP contribution in [0.15, 0.2) is 104 Å². The maximum absolute atomic E-state index is 13.9. The number of nitrogens with one attached hydrogen (secondary N) is 2. The molecule has 0 bridgehead atoms. The molecular formula is C55H71N11O16P2. The lowest BCUT2D eigenvalue weighted by molar-refractivity contribution is -0.147. The van der Waals surface area contributed by atoms with Gasteiger partial charge in [0, 0.05) is 6.20 Å². The summed E-state index contributed by atoms with van der Waals surface area (Å²) in [7, 11) is -8.62. The summed E-state index contributed by atoms with van der Waals surface area (Å²) in [5.41, 5.74) is 9.23. The van der Waals surface area contributed by atoms with E-state index in [1.54, 1.807) is 78.9 Å². The molecule has 10 N–H and O–H groups in total. The van der Waals surface area contributed by atoms with E-state index < -0.39 is 101 Å². The number of ether oxygens (including phenoxy) is 4. The number of anilines is 2. The summed E-state index contributed by atoms with van der Waals surface area (Å²) in [6, 6.07) is 25.7. The third-order valence-corrected chi connectivity index (χ3v) is 17.8. The van der Waals surface area contributed by atoms with Gasteiger partial charge in [0.25, 0.3) is 0 Å². The molecule has 6 aromatic rings. The van der Waals surface area contributed by atoms with Crippen molar-refractivity contribution >= 4 is 50.0 Å². The summed E-state index contributed by atoms with van der Waals surface area (Å²) in [4.78, 5) is 29.3. The van der Waals surface area contributed by atoms with E-state index in [1.807, 2.05) is 39.8 Å². The van der Waals surface area contributed by atoms with Crippen LogP contribution in [0.3, 0.4) is 0 Å². The Hall–Kier alpha value is -7.07. The first-order valence-electron chi connectivity index (χ1n) is 27.2. The molecule has 2 aromatic carbocycles. The zero-order chi connectivity index (χ0) is 61.0. The molecule has 0 spiro atoms. The van der Waals surface area contributed by atoms with Gasteiger partial charge in [0.05, 0.1) is 49.0 Å². The minimum absolute atomic E-state index is 0.0961. The Morgan fingerprint density at radius 1 is 0.655 bits per heavy atom. The van der Waals surface area contributed by atoms with Gasteiger partial charge in [0.15, 0.2) is 5.82 Å². The van der Waals surface area contributed by atoms with Crippen LogP contribution < -0.4 is 30.7 Å². The number of carbonyl (C=O) groups is 2. The second-order valence-electron chi connectivity index (χ2n) is 20.1. The zero-order valence-electron chi connectivity index (χ0n) is 47.1. The van der Waals surface area contributed by atoms with Gasteiger partial charge in [-0.15, -0.1) is 0 Å². The molecule has 2 aliphatic heterocycles. The average molecular weight is 1200 g/mol. The third kappa shape index (κ3) is 14.4. The van der Waals surface area contributed by atoms with Crippen LogP contribution in [-0.4, -0.2) is 132 Å². The second kappa shape index (κ2) is 28.2. The van der Waals surface area contributed by atoms with E-state index in [-0.39, 0.29) is 53.8 Å². The molecule has 2 aliphatic rings. The van der Waals surface area contributed by atoms with Crippen molar-refractivity contribution in [3.8, 4) is 23.6 Å². The third-order valence-electron chi connectivity index (χ3n) is 14.5. The Bertz CT molecular complexity index is 3140. The highest BCUT2D eigenvalue weighted by Gasteiger charge is 2.59. The molecule has 8 rings (SSSR count). The lowest BCUT2D eigenvalue weighted by Crippen LogP contribution is -2.41. The van der Waals surface area contributed by atoms with Crippen molar-refractivity contribution in [2.75, 3.05) is 37.9 Å². The van der Waals surface area contributed by atoms with Gasteiger partial charge in [0.1, 0.15) is 84.2 Å². The summed E-state index contributed by atoms with van der Waals surface area (Å²) < 4.78 is 75.6. The Labute approximate surface area is 484 Å². The lowest BCUT2D eigenvalue weighted by Gasteiger charge is -2.25. The van der Waals surface area contributed by atoms with Crippen LogP contribution in [-0.2, 0) is 57.9 Å². The first-order valence-corrected chi connectivity index (χ1v) is 30.3. The highest BCUT2D eigenvalue weighted by Crippen LogP contribution is 2.49. The smallest absolute Gasteiger partial charge is 0.459 e. The van der Waals surface area contributed by atoms with E-state index in [4.69, 9.17) is 48.5 Å². The Morgan fingerprint density at radius 2 is 1.07 bits per heavy atom. The number of hydrogen-bond donors (Lipinski definition) is 8. The molecule has 2 fully saturated rings. The number of nitrogens with two attached hydrogens (primary N) is 2. The van der Waals surface area contributed by atoms with Crippen LogP contribution in [0.25, 0.3) is 11.0 Å². The van der Waals surface area contributed by atoms with Crippen LogP contribution in [0.2, 0.25) is 0 Å². The number of fused-ring (bicyclic) bond motifs is 2. The molecule has 12 atom stereocenters. The number of aromatic nitrogens is 5. The van der Waals surface area contributed by atoms with Crippen molar-refractivity contribution in [1.29, 1.82) is 10.5 Å². The van der Waals surface area contributed by atoms with Crippen molar-refractivity contribution in [3.63, 3.8) is 0 Å². The predicted molar refractivity (Wildman–Crippen MR) is 302 cm³/mol. The number of hydrogen-bond acceptors (Lipinski definition) is 23. The number of aliphatic hydroxyl groups is 4. The summed E-state index contributed by atoms with van der Waals surface area (Å²) in [6.07, 6.45) is -3.43. The number of aliphatic hydroxyl groups excluding tert-OH is 4. The van der Waals surface area contributed by atoms with Gasteiger partial charge in [0.2, 0.25) is 11.2 Å². The number of para-hydroxylation sites is 2. The molecule has 0 radical (unpaired) electrons. The fraction of sp³-hybridized carbons (Fsp3) is 0.473. The SMILES string of the molecule is CCC(CC)COC(=O)[C@H](C)N[P@@](=O)(OC[C@H]1O[C@@](C#N)(c2ccc3c(N)ccnn23)[C@H](O)[C@@H]1O)Oc1ccccc1.CCC(CC)COC(=O)[C@H](C)N[P@](=O)(OC[C@H]1O[C@@](C#N)(c2ccc3c(N)ncnn23)[C@H](O)[C@@H]1O)Oc1ccccc1. The van der Waals surface area contributed by atoms with Gasteiger partial charge in [-0.1, -0.05) is 89.8 Å². The number of carbonyl (C=O) groups excluding carboxylic acids is 2. The monoisotopic (exact) mass is 1200 g/mol. The van der Waals surface area contributed by atoms with Crippen LogP contribution >= 0.6 is 15.5 Å². The molecule has 0 saturated carbocycles. The number of nitriles is 2. The number of benzene rings is 2. The van der Waals surface area contributed by atoms with Crippen LogP contribution in [0, 0.1) is 34.5 Å². The second-order valence-corrected chi connectivity index (χ2v) is 23.5. The fourth-order valence-corrected chi connectivity index (χ4v) is 12.2. The largest absolute Gasteiger partial charge is 0.464 e. The average Bonchev–Trinajstić information content (AvgIpc) is 2.27. The maximum Gasteiger partial charge on any atom is 0.459 e. The maximum atomic E-state index is 13.9. The van der Waals surface area contributed by atoms with E-state index >= 15 is 0 Å². The van der Waals surface area contributed by atoms with Crippen LogP contribution in [0.5, 0.6) is 11.5 Å². The van der Waals surface area contributed by atoms with Crippen molar-refractivity contribution in [1.82, 2.24) is 34.4 Å². The highest BCUT2D eigenvalue weighted by molar-refractivity contribution is 7.52. The molecule has 452 valence electrons. The number of esters is 2. The van der Waals surface area contributed by atoms with Crippen molar-refractivity contribution in [3.05, 3.63) is 115 Å². The van der Waals surface area contributed by atoms with E-state index in [1.165, 1.54) is 47.5 Å². The standard InChI is InChI=1S/C28H36N5O8P.C27H35N6O8P/c1-4-19(5-2)15-38-27(36)18(3)32-42(37,41-20-9-7-6-8-10-20)39-16-23-25(34)26(35)28(17-29,40-23)24-12-11-22-21(30)13-14-31-33(22)24;1-4-18(5-2)13-38-26(36)17(3)32-42(37,41-19-9-7-6-8-10-19)39-14-21-23(34)24(35)27(15-28,40-21)22-12-11-20-25(29)30-16-31-33(20)22/h6-14,18-19,23,25-26,34-35H,4-5,15-16,30H2,1-3H3,(H,32,37);6-12,16-18,21,23-24,34-35H,4-5,13-14H2,1-3H3,(H,32,37)(H2,29,30,31)/t18-,23+,25+,26+,28-,42+;17-,21+,23+,24+,27-,42-/m00/s1. The van der Waals surface area contributed by atoms with Gasteiger partial charge in [-0.05, 0) is 80.3 Å². The molecule has 0 aliphatic carbocycles. The van der Waals surface area contributed by atoms with Crippen molar-refractivity contribution in [2.24, 2.45) is 11.8 Å². The molecule has 27 nitrogen and oxygen atoms in total. The predicted octanol–water partition coefficient (Wildman–Crippen LogP) is 5.23. The minimum Gasteiger partial charge on any atom is -0.464 e. The molecule has 84 heavy (non-hydrogen) atoms. The van der Waals surface area contributed by atoms with Gasteiger partial charge in [-0.3, -0.25) is 18.6 Å². The summed E-state index contributed by atoms with van der Waals surface area (Å²) in [6.45, 7) is 10.2. The number of rotatable bonds is 26. The first-order chi connectivity index (χ1) is 40.1. The minimum atomic E-state index is -4.32. The highest BCUT2D eigenvalue weighted by atomic mass is 31.2. The Morgan fingerprint density at radius 3 is 1.49 bits per heavy atom. The summed E-state index contributed by atoms with van der Waals surface area (Å²) in [5.74, 6) is -0.407. The van der Waals surface area contributed by atoms with Crippen molar-refractivity contribution < 1.29 is 76.2 Å². The molecule has 29 heteroatoms. The Kier molecular flexibility index (Phi) is 21.7. The van der Waals surface area contributed by atoms with Gasteiger partial charge in [-0.2, -0.15) is 30.9 Å². The van der Waals surface area contributed by atoms with Gasteiger partial charge >= 0.3 is 27.4 Å². The fourth-order valence-electron chi connectivity index (χ4n) is 9.23. The van der Waals surface area contributed by atoms with Gasteiger partial charge in [-0.25, -0.2) is 23.1 Å². The van der Waals surface area contributed by atoms with E-state index in [9.17, 15) is 49.7 Å². The van der Waals surface area contributed by atoms with E-state index in [0.29, 0.717) is 16.7 Å². The lowest BCUT2D eigenvalue weighted by atomic mass is 9.92. The molecule has 0 amide bonds. The normalized spacial score (nSPS) is 24.3. The van der Waals surface area contributed by atoms with Crippen LogP contribution in [0.4, 0.5) is 11.5 Å². The van der Waals surface area contributed by atoms with Crippen LogP contribution in [0.1, 0.15) is 78.6 Å². The van der Waals surface area contributed by atoms with E-state index in [0.717, 1.165) is 25.7 Å². The molecule has 2 saturated heterocycles. The quantitative estimate of drug-likeness (QED) is 0.0254. The number of nitrogens with zero attached hydrogens (tertiary/aromatic N) is 7. The zero-order valence-corrected chi connectivity index (χ0v) is 48.9. The molecule has 0 unspecified atom stereocenters. The topological polar surface area (TPSA) is 394 Å². The first kappa shape index (κ1) is 64.5. The summed E-state index contributed by atoms with van der Waals surface area (Å²) in [5, 5.41) is 77.5. The Balaban J connectivity index is 0.000000241. The van der Waals surface area contributed by atoms with Crippen molar-refractivity contribution in [2.45, 2.75) is 127 Å². The van der Waals surface area contributed by atoms with Gasteiger partial charge < -0.3 is 59.9 Å². The van der Waals surface area contributed by atoms with E-state index in [2.05, 4.69) is 25.4 Å². The molecular weight excluding hydrogens is 1130 g/mol.